The number of benzene rings is 2. The lowest BCUT2D eigenvalue weighted by atomic mass is 9.98. The van der Waals surface area contributed by atoms with Gasteiger partial charge in [-0.05, 0) is 60.4 Å². The first kappa shape index (κ1) is 22.2. The number of carbonyl (C=O) groups is 2. The molecule has 160 valence electrons. The van der Waals surface area contributed by atoms with Gasteiger partial charge < -0.3 is 9.64 Å². The predicted octanol–water partition coefficient (Wildman–Crippen LogP) is 5.25. The Balaban J connectivity index is 1.77. The number of aromatic nitrogens is 1. The second kappa shape index (κ2) is 10.0. The summed E-state index contributed by atoms with van der Waals surface area (Å²) in [6, 6.07) is 17.3. The summed E-state index contributed by atoms with van der Waals surface area (Å²) >= 11 is 0. The number of aryl methyl sites for hydroxylation is 2. The molecule has 3 rings (SSSR count). The van der Waals surface area contributed by atoms with Crippen LogP contribution in [-0.4, -0.2) is 30.8 Å². The Morgan fingerprint density at radius 3 is 2.39 bits per heavy atom. The third-order valence-electron chi connectivity index (χ3n) is 5.50. The fraction of sp³-hybridized carbons (Fsp3) is 0.269. The van der Waals surface area contributed by atoms with Crippen molar-refractivity contribution in [2.24, 2.45) is 0 Å². The van der Waals surface area contributed by atoms with Gasteiger partial charge in [0.1, 0.15) is 5.75 Å². The zero-order valence-corrected chi connectivity index (χ0v) is 18.5. The summed E-state index contributed by atoms with van der Waals surface area (Å²) in [6.45, 7) is 3.80. The lowest BCUT2D eigenvalue weighted by Crippen LogP contribution is -2.24. The largest absolute Gasteiger partial charge is 0.496 e. The smallest absolute Gasteiger partial charge is 0.226 e. The maximum Gasteiger partial charge on any atom is 0.226 e. The molecule has 5 heteroatoms. The zero-order chi connectivity index (χ0) is 22.4. The van der Waals surface area contributed by atoms with Crippen LogP contribution >= 0.6 is 0 Å². The maximum absolute atomic E-state index is 12.8. The summed E-state index contributed by atoms with van der Waals surface area (Å²) in [7, 11) is 3.35. The monoisotopic (exact) mass is 416 g/mol. The van der Waals surface area contributed by atoms with Crippen LogP contribution in [0.15, 0.2) is 60.8 Å². The van der Waals surface area contributed by atoms with E-state index in [0.717, 1.165) is 28.1 Å². The van der Waals surface area contributed by atoms with Crippen LogP contribution in [0.2, 0.25) is 0 Å². The Kier molecular flexibility index (Phi) is 7.19. The van der Waals surface area contributed by atoms with Crippen LogP contribution in [0.25, 0.3) is 11.1 Å². The number of hydrogen-bond donors (Lipinski definition) is 0. The molecule has 0 saturated carbocycles. The SMILES string of the molecule is CCC(=O)N(C)c1ccc(-c2ccc(C(=O)CCc3cccnc3C)c(OC)c2)cc1. The molecule has 1 aromatic heterocycles. The second-order valence-electron chi connectivity index (χ2n) is 7.44. The van der Waals surface area contributed by atoms with E-state index in [4.69, 9.17) is 4.74 Å². The Morgan fingerprint density at radius 1 is 1.03 bits per heavy atom. The molecule has 0 N–H and O–H groups in total. The van der Waals surface area contributed by atoms with Gasteiger partial charge in [-0.15, -0.1) is 0 Å². The van der Waals surface area contributed by atoms with Crippen molar-refractivity contribution in [2.75, 3.05) is 19.1 Å². The van der Waals surface area contributed by atoms with Crippen LogP contribution in [0.5, 0.6) is 5.75 Å². The molecule has 0 spiro atoms. The average molecular weight is 417 g/mol. The summed E-state index contributed by atoms with van der Waals surface area (Å²) in [5.41, 5.74) is 5.40. The summed E-state index contributed by atoms with van der Waals surface area (Å²) in [5.74, 6) is 0.674. The molecule has 0 aliphatic carbocycles. The molecule has 0 aliphatic heterocycles. The number of hydrogen-bond acceptors (Lipinski definition) is 4. The number of pyridine rings is 1. The van der Waals surface area contributed by atoms with Crippen molar-refractivity contribution in [3.05, 3.63) is 77.6 Å². The molecule has 0 radical (unpaired) electrons. The highest BCUT2D eigenvalue weighted by Gasteiger charge is 2.15. The average Bonchev–Trinajstić information content (AvgIpc) is 2.82. The number of nitrogens with zero attached hydrogens (tertiary/aromatic N) is 2. The minimum Gasteiger partial charge on any atom is -0.496 e. The molecular weight excluding hydrogens is 388 g/mol. The number of carbonyl (C=O) groups excluding carboxylic acids is 2. The van der Waals surface area contributed by atoms with Gasteiger partial charge in [-0.2, -0.15) is 0 Å². The van der Waals surface area contributed by atoms with Crippen LogP contribution in [0, 0.1) is 6.92 Å². The van der Waals surface area contributed by atoms with Gasteiger partial charge in [0, 0.05) is 37.5 Å². The van der Waals surface area contributed by atoms with Crippen LogP contribution in [0.4, 0.5) is 5.69 Å². The Morgan fingerprint density at radius 2 is 1.74 bits per heavy atom. The molecule has 0 unspecified atom stereocenters. The molecule has 1 amide bonds. The number of ketones is 1. The van der Waals surface area contributed by atoms with Gasteiger partial charge in [0.2, 0.25) is 5.91 Å². The third kappa shape index (κ3) is 5.18. The standard InChI is InChI=1S/C26H28N2O3/c1-5-26(30)28(3)22-12-8-20(9-13-22)21-10-14-23(25(17-21)31-4)24(29)15-11-19-7-6-16-27-18(19)2/h6-10,12-14,16-17H,5,11,15H2,1-4H3. The van der Waals surface area contributed by atoms with E-state index < -0.39 is 0 Å². The maximum atomic E-state index is 12.8. The fourth-order valence-corrected chi connectivity index (χ4v) is 3.52. The molecule has 3 aromatic rings. The molecule has 5 nitrogen and oxygen atoms in total. The number of rotatable bonds is 8. The normalized spacial score (nSPS) is 10.6. The van der Waals surface area contributed by atoms with Crippen molar-refractivity contribution in [2.45, 2.75) is 33.1 Å². The van der Waals surface area contributed by atoms with Crippen molar-refractivity contribution >= 4 is 17.4 Å². The number of Topliss-reactive ketones (excluding diaryl/α,β-unsaturated/α-hetero) is 1. The van der Waals surface area contributed by atoms with E-state index >= 15 is 0 Å². The van der Waals surface area contributed by atoms with Gasteiger partial charge in [-0.3, -0.25) is 14.6 Å². The van der Waals surface area contributed by atoms with Gasteiger partial charge in [0.05, 0.1) is 12.7 Å². The van der Waals surface area contributed by atoms with Crippen molar-refractivity contribution in [3.8, 4) is 16.9 Å². The van der Waals surface area contributed by atoms with E-state index in [1.807, 2.05) is 68.4 Å². The number of ether oxygens (including phenoxy) is 1. The van der Waals surface area contributed by atoms with Crippen molar-refractivity contribution in [3.63, 3.8) is 0 Å². The molecule has 0 atom stereocenters. The third-order valence-corrected chi connectivity index (χ3v) is 5.50. The molecule has 2 aromatic carbocycles. The van der Waals surface area contributed by atoms with E-state index in [1.165, 1.54) is 0 Å². The van der Waals surface area contributed by atoms with Crippen LogP contribution in [0.3, 0.4) is 0 Å². The van der Waals surface area contributed by atoms with Crippen molar-refractivity contribution in [1.82, 2.24) is 4.98 Å². The first-order chi connectivity index (χ1) is 14.9. The predicted molar refractivity (Wildman–Crippen MR) is 124 cm³/mol. The minimum absolute atomic E-state index is 0.0432. The summed E-state index contributed by atoms with van der Waals surface area (Å²) in [5, 5.41) is 0. The van der Waals surface area contributed by atoms with Crippen molar-refractivity contribution < 1.29 is 14.3 Å². The molecule has 0 saturated heterocycles. The second-order valence-corrected chi connectivity index (χ2v) is 7.44. The Labute approximate surface area is 183 Å². The van der Waals surface area contributed by atoms with Gasteiger partial charge in [0.15, 0.2) is 5.78 Å². The quantitative estimate of drug-likeness (QED) is 0.470. The number of anilines is 1. The lowest BCUT2D eigenvalue weighted by Gasteiger charge is -2.17. The highest BCUT2D eigenvalue weighted by atomic mass is 16.5. The van der Waals surface area contributed by atoms with E-state index in [-0.39, 0.29) is 11.7 Å². The summed E-state index contributed by atoms with van der Waals surface area (Å²) < 4.78 is 5.53. The molecule has 0 aliphatic rings. The summed E-state index contributed by atoms with van der Waals surface area (Å²) in [6.07, 6.45) is 3.27. The van der Waals surface area contributed by atoms with Gasteiger partial charge in [-0.25, -0.2) is 0 Å². The Bertz CT molecular complexity index is 1070. The van der Waals surface area contributed by atoms with E-state index in [1.54, 1.807) is 25.3 Å². The van der Waals surface area contributed by atoms with Gasteiger partial charge >= 0.3 is 0 Å². The first-order valence-electron chi connectivity index (χ1n) is 10.4. The van der Waals surface area contributed by atoms with E-state index in [2.05, 4.69) is 4.98 Å². The lowest BCUT2D eigenvalue weighted by molar-refractivity contribution is -0.118. The molecular formula is C26H28N2O3. The van der Waals surface area contributed by atoms with Gasteiger partial charge in [-0.1, -0.05) is 31.2 Å². The topological polar surface area (TPSA) is 59.5 Å². The van der Waals surface area contributed by atoms with E-state index in [9.17, 15) is 9.59 Å². The molecule has 1 heterocycles. The molecule has 0 bridgehead atoms. The number of amides is 1. The summed E-state index contributed by atoms with van der Waals surface area (Å²) in [4.78, 5) is 30.7. The highest BCUT2D eigenvalue weighted by Crippen LogP contribution is 2.30. The van der Waals surface area contributed by atoms with Crippen LogP contribution < -0.4 is 9.64 Å². The van der Waals surface area contributed by atoms with Crippen molar-refractivity contribution in [1.29, 1.82) is 0 Å². The number of methoxy groups -OCH3 is 1. The first-order valence-corrected chi connectivity index (χ1v) is 10.4. The van der Waals surface area contributed by atoms with Gasteiger partial charge in [0.25, 0.3) is 0 Å². The van der Waals surface area contributed by atoms with Crippen LogP contribution in [0.1, 0.15) is 41.4 Å². The fourth-order valence-electron chi connectivity index (χ4n) is 3.52. The molecule has 31 heavy (non-hydrogen) atoms. The Hall–Kier alpha value is -3.47. The molecule has 0 fully saturated rings. The minimum atomic E-state index is 0.0432. The van der Waals surface area contributed by atoms with Crippen LogP contribution in [-0.2, 0) is 11.2 Å². The zero-order valence-electron chi connectivity index (χ0n) is 18.5. The highest BCUT2D eigenvalue weighted by molar-refractivity contribution is 5.99. The van der Waals surface area contributed by atoms with E-state index in [0.29, 0.717) is 30.6 Å².